The fourth-order valence-electron chi connectivity index (χ4n) is 2.42. The van der Waals surface area contributed by atoms with Crippen LogP contribution in [0.4, 0.5) is 9.18 Å². The van der Waals surface area contributed by atoms with Crippen molar-refractivity contribution in [3.63, 3.8) is 0 Å². The van der Waals surface area contributed by atoms with Crippen LogP contribution in [-0.2, 0) is 9.16 Å². The summed E-state index contributed by atoms with van der Waals surface area (Å²) in [7, 11) is -1.72. The zero-order chi connectivity index (χ0) is 20.9. The van der Waals surface area contributed by atoms with Gasteiger partial charge in [0.2, 0.25) is 0 Å². The number of amides is 1. The summed E-state index contributed by atoms with van der Waals surface area (Å²) in [5.74, 6) is 5.77. The number of rotatable bonds is 4. The van der Waals surface area contributed by atoms with Crippen molar-refractivity contribution in [1.82, 2.24) is 4.90 Å². The van der Waals surface area contributed by atoms with Crippen LogP contribution in [0.3, 0.4) is 0 Å². The molecule has 4 nitrogen and oxygen atoms in total. The molecule has 1 aliphatic rings. The zero-order valence-corrected chi connectivity index (χ0v) is 19.5. The number of ether oxygens (including phenoxy) is 1. The smallest absolute Gasteiger partial charge is 0.410 e. The standard InChI is InChI=1S/C21H38FNO3Si/c1-19(2,3)26-18(24)23-15-13-21(22,14-16-23)12-10-9-11-17-25-27(7,8)20(4,5)6/h9,11,13-17H2,1-8H3. The number of carbonyl (C=O) groups excluding carboxylic acids is 1. The molecule has 1 rings (SSSR count). The molecule has 1 saturated heterocycles. The Kier molecular flexibility index (Phi) is 7.95. The normalized spacial score (nSPS) is 17.9. The summed E-state index contributed by atoms with van der Waals surface area (Å²) < 4.78 is 26.3. The molecule has 1 fully saturated rings. The van der Waals surface area contributed by atoms with Gasteiger partial charge in [-0.25, -0.2) is 9.18 Å². The largest absolute Gasteiger partial charge is 0.444 e. The number of hydrogen-bond donors (Lipinski definition) is 0. The average Bonchev–Trinajstić information content (AvgIpc) is 2.48. The van der Waals surface area contributed by atoms with Crippen LogP contribution in [0.25, 0.3) is 0 Å². The Balaban J connectivity index is 2.37. The highest BCUT2D eigenvalue weighted by Crippen LogP contribution is 2.36. The van der Waals surface area contributed by atoms with Gasteiger partial charge >= 0.3 is 6.09 Å². The number of nitrogens with zero attached hydrogens (tertiary/aromatic N) is 1. The first-order chi connectivity index (χ1) is 12.2. The molecule has 0 spiro atoms. The van der Waals surface area contributed by atoms with Gasteiger partial charge in [0.1, 0.15) is 5.60 Å². The van der Waals surface area contributed by atoms with Crippen LogP contribution in [0, 0.1) is 11.8 Å². The first-order valence-electron chi connectivity index (χ1n) is 9.96. The molecule has 0 aliphatic carbocycles. The molecule has 27 heavy (non-hydrogen) atoms. The predicted molar refractivity (Wildman–Crippen MR) is 111 cm³/mol. The SMILES string of the molecule is CC(C)(C)OC(=O)N1CCC(F)(C#CCCCO[Si](C)(C)C(C)(C)C)CC1. The molecule has 0 saturated carbocycles. The summed E-state index contributed by atoms with van der Waals surface area (Å²) in [5, 5.41) is 0.198. The van der Waals surface area contributed by atoms with E-state index in [1.54, 1.807) is 4.90 Å². The van der Waals surface area contributed by atoms with E-state index in [0.29, 0.717) is 26.1 Å². The number of halogens is 1. The molecule has 1 aliphatic heterocycles. The Hall–Kier alpha value is -1.06. The Morgan fingerprint density at radius 1 is 1.15 bits per heavy atom. The highest BCUT2D eigenvalue weighted by molar-refractivity contribution is 6.74. The zero-order valence-electron chi connectivity index (χ0n) is 18.5. The Bertz CT molecular complexity index is 559. The fourth-order valence-corrected chi connectivity index (χ4v) is 3.51. The van der Waals surface area contributed by atoms with Crippen molar-refractivity contribution < 1.29 is 18.3 Å². The van der Waals surface area contributed by atoms with E-state index in [1.165, 1.54) is 0 Å². The number of alkyl halides is 1. The lowest BCUT2D eigenvalue weighted by Gasteiger charge is -2.36. The minimum Gasteiger partial charge on any atom is -0.444 e. The molecule has 156 valence electrons. The van der Waals surface area contributed by atoms with E-state index in [0.717, 1.165) is 6.42 Å². The first-order valence-corrected chi connectivity index (χ1v) is 12.9. The van der Waals surface area contributed by atoms with Crippen LogP contribution in [0.2, 0.25) is 18.1 Å². The van der Waals surface area contributed by atoms with Gasteiger partial charge in [-0.1, -0.05) is 32.6 Å². The maximum atomic E-state index is 14.8. The number of unbranched alkanes of at least 4 members (excludes halogenated alkanes) is 1. The minimum atomic E-state index is -1.72. The van der Waals surface area contributed by atoms with Crippen LogP contribution in [-0.4, -0.2) is 50.3 Å². The molecule has 0 aromatic rings. The maximum absolute atomic E-state index is 14.8. The van der Waals surface area contributed by atoms with E-state index in [2.05, 4.69) is 45.7 Å². The van der Waals surface area contributed by atoms with Gasteiger partial charge in [-0.15, -0.1) is 0 Å². The number of carbonyl (C=O) groups is 1. The lowest BCUT2D eigenvalue weighted by Crippen LogP contribution is -2.45. The van der Waals surface area contributed by atoms with Gasteiger partial charge in [-0.05, 0) is 45.3 Å². The summed E-state index contributed by atoms with van der Waals surface area (Å²) in [6.07, 6.45) is 1.55. The van der Waals surface area contributed by atoms with Gasteiger partial charge in [0.25, 0.3) is 0 Å². The summed E-state index contributed by atoms with van der Waals surface area (Å²) >= 11 is 0. The highest BCUT2D eigenvalue weighted by Gasteiger charge is 2.37. The van der Waals surface area contributed by atoms with Gasteiger partial charge in [-0.2, -0.15) is 0 Å². The van der Waals surface area contributed by atoms with Crippen molar-refractivity contribution in [1.29, 1.82) is 0 Å². The lowest BCUT2D eigenvalue weighted by atomic mass is 9.94. The molecule has 0 N–H and O–H groups in total. The molecule has 0 bridgehead atoms. The highest BCUT2D eigenvalue weighted by atomic mass is 28.4. The second-order valence-corrected chi connectivity index (χ2v) is 14.8. The first kappa shape index (κ1) is 24.0. The van der Waals surface area contributed by atoms with Crippen LogP contribution < -0.4 is 0 Å². The third-order valence-electron chi connectivity index (χ3n) is 5.24. The molecular weight excluding hydrogens is 361 g/mol. The second-order valence-electron chi connectivity index (χ2n) is 9.95. The molecule has 0 aromatic heterocycles. The fraction of sp³-hybridized carbons (Fsp3) is 0.857. The predicted octanol–water partition coefficient (Wildman–Crippen LogP) is 5.53. The van der Waals surface area contributed by atoms with Crippen molar-refractivity contribution in [2.75, 3.05) is 19.7 Å². The van der Waals surface area contributed by atoms with Gasteiger partial charge in [0, 0.05) is 39.0 Å². The third kappa shape index (κ3) is 8.23. The minimum absolute atomic E-state index is 0.198. The summed E-state index contributed by atoms with van der Waals surface area (Å²) in [6.45, 7) is 18.0. The third-order valence-corrected chi connectivity index (χ3v) is 9.77. The quantitative estimate of drug-likeness (QED) is 0.354. The van der Waals surface area contributed by atoms with Crippen molar-refractivity contribution in [3.05, 3.63) is 0 Å². The van der Waals surface area contributed by atoms with Gasteiger partial charge in [0.15, 0.2) is 14.0 Å². The van der Waals surface area contributed by atoms with Crippen molar-refractivity contribution in [3.8, 4) is 11.8 Å². The van der Waals surface area contributed by atoms with E-state index in [9.17, 15) is 9.18 Å². The number of hydrogen-bond acceptors (Lipinski definition) is 3. The topological polar surface area (TPSA) is 38.8 Å². The van der Waals surface area contributed by atoms with Crippen LogP contribution in [0.15, 0.2) is 0 Å². The molecule has 1 heterocycles. The van der Waals surface area contributed by atoms with Crippen LogP contribution in [0.5, 0.6) is 0 Å². The Morgan fingerprint density at radius 2 is 1.70 bits per heavy atom. The molecule has 0 radical (unpaired) electrons. The number of piperidine rings is 1. The van der Waals surface area contributed by atoms with E-state index in [4.69, 9.17) is 9.16 Å². The van der Waals surface area contributed by atoms with Crippen molar-refractivity contribution in [2.45, 2.75) is 96.6 Å². The maximum Gasteiger partial charge on any atom is 0.410 e. The summed E-state index contributed by atoms with van der Waals surface area (Å²) in [6, 6.07) is 0. The van der Waals surface area contributed by atoms with Crippen LogP contribution in [0.1, 0.15) is 67.2 Å². The molecule has 0 unspecified atom stereocenters. The van der Waals surface area contributed by atoms with Gasteiger partial charge in [0.05, 0.1) is 0 Å². The molecule has 1 amide bonds. The molecule has 0 atom stereocenters. The van der Waals surface area contributed by atoms with E-state index < -0.39 is 19.6 Å². The molecule has 0 aromatic carbocycles. The molecular formula is C21H38FNO3Si. The van der Waals surface area contributed by atoms with E-state index in [-0.39, 0.29) is 24.0 Å². The van der Waals surface area contributed by atoms with Crippen molar-refractivity contribution >= 4 is 14.4 Å². The summed E-state index contributed by atoms with van der Waals surface area (Å²) in [4.78, 5) is 13.6. The van der Waals surface area contributed by atoms with Crippen molar-refractivity contribution in [2.24, 2.45) is 0 Å². The average molecular weight is 400 g/mol. The van der Waals surface area contributed by atoms with Gasteiger partial charge in [-0.3, -0.25) is 0 Å². The van der Waals surface area contributed by atoms with E-state index in [1.807, 2.05) is 20.8 Å². The van der Waals surface area contributed by atoms with Crippen LogP contribution >= 0.6 is 0 Å². The number of likely N-dealkylation sites (tertiary alicyclic amines) is 1. The lowest BCUT2D eigenvalue weighted by molar-refractivity contribution is 0.0117. The Morgan fingerprint density at radius 3 is 2.19 bits per heavy atom. The Labute approximate surface area is 166 Å². The second kappa shape index (κ2) is 8.96. The summed E-state index contributed by atoms with van der Waals surface area (Å²) in [5.41, 5.74) is -2.04. The van der Waals surface area contributed by atoms with Gasteiger partial charge < -0.3 is 14.1 Å². The van der Waals surface area contributed by atoms with E-state index >= 15 is 0 Å². The molecule has 6 heteroatoms. The monoisotopic (exact) mass is 399 g/mol.